The Morgan fingerprint density at radius 1 is 0.967 bits per heavy atom. The summed E-state index contributed by atoms with van der Waals surface area (Å²) in [6, 6.07) is 22.1. The number of carbonyl (C=O) groups excluding carboxylic acids is 1. The van der Waals surface area contributed by atoms with Crippen LogP contribution in [0, 0.1) is 0 Å². The van der Waals surface area contributed by atoms with Crippen LogP contribution in [0.2, 0.25) is 5.02 Å². The van der Waals surface area contributed by atoms with Gasteiger partial charge in [0.15, 0.2) is 0 Å². The Labute approximate surface area is 179 Å². The summed E-state index contributed by atoms with van der Waals surface area (Å²) in [5.74, 6) is -0.506. The number of nitrogens with one attached hydrogen (secondary N) is 2. The topological polar surface area (TPSA) is 79.0 Å². The lowest BCUT2D eigenvalue weighted by atomic mass is 10.1. The van der Waals surface area contributed by atoms with Crippen LogP contribution >= 0.6 is 11.6 Å². The molecule has 0 aliphatic rings. The highest BCUT2D eigenvalue weighted by Crippen LogP contribution is 2.33. The van der Waals surface area contributed by atoms with E-state index in [1.807, 2.05) is 37.3 Å². The van der Waals surface area contributed by atoms with Gasteiger partial charge in [-0.25, -0.2) is 8.42 Å². The summed E-state index contributed by atoms with van der Waals surface area (Å²) in [5.41, 5.74) is 1.42. The molecule has 7 heteroatoms. The first-order valence-electron chi connectivity index (χ1n) is 9.35. The number of H-pyrrole nitrogens is 1. The highest BCUT2D eigenvalue weighted by Gasteiger charge is 2.30. The summed E-state index contributed by atoms with van der Waals surface area (Å²) in [4.78, 5) is 16.1. The third-order valence-corrected chi connectivity index (χ3v) is 7.00. The molecule has 152 valence electrons. The number of hydrogen-bond donors (Lipinski definition) is 2. The fourth-order valence-electron chi connectivity index (χ4n) is 3.39. The van der Waals surface area contributed by atoms with Gasteiger partial charge < -0.3 is 10.3 Å². The molecular weight excluding hydrogens is 420 g/mol. The summed E-state index contributed by atoms with van der Waals surface area (Å²) in [6.07, 6.45) is 0. The Kier molecular flexibility index (Phi) is 5.37. The Bertz CT molecular complexity index is 1320. The quantitative estimate of drug-likeness (QED) is 0.452. The van der Waals surface area contributed by atoms with Crippen LogP contribution in [0.4, 0.5) is 0 Å². The van der Waals surface area contributed by atoms with Crippen molar-refractivity contribution in [2.75, 3.05) is 0 Å². The van der Waals surface area contributed by atoms with Crippen molar-refractivity contribution < 1.29 is 13.2 Å². The van der Waals surface area contributed by atoms with Gasteiger partial charge in [0.1, 0.15) is 10.6 Å². The Morgan fingerprint density at radius 3 is 2.27 bits per heavy atom. The third kappa shape index (κ3) is 3.72. The summed E-state index contributed by atoms with van der Waals surface area (Å²) >= 11 is 6.13. The maximum Gasteiger partial charge on any atom is 0.269 e. The maximum absolute atomic E-state index is 13.5. The van der Waals surface area contributed by atoms with Gasteiger partial charge in [0.2, 0.25) is 9.84 Å². The molecule has 4 aromatic rings. The SMILES string of the molecule is C[C@H](NC(=O)c1[nH]c2ccc(Cl)cc2c1S(=O)(=O)c1ccccc1)c1ccccc1. The number of amides is 1. The average molecular weight is 439 g/mol. The fraction of sp³-hybridized carbons (Fsp3) is 0.0870. The molecule has 0 saturated carbocycles. The minimum atomic E-state index is -3.97. The number of carbonyl (C=O) groups is 1. The molecule has 4 rings (SSSR count). The second kappa shape index (κ2) is 7.97. The third-order valence-electron chi connectivity index (χ3n) is 4.91. The van der Waals surface area contributed by atoms with Crippen molar-refractivity contribution in [2.24, 2.45) is 0 Å². The Hall–Kier alpha value is -3.09. The highest BCUT2D eigenvalue weighted by atomic mass is 35.5. The zero-order chi connectivity index (χ0) is 21.3. The molecule has 1 atom stereocenters. The lowest BCUT2D eigenvalue weighted by Gasteiger charge is -2.14. The van der Waals surface area contributed by atoms with Gasteiger partial charge >= 0.3 is 0 Å². The lowest BCUT2D eigenvalue weighted by molar-refractivity contribution is 0.0932. The predicted molar refractivity (Wildman–Crippen MR) is 118 cm³/mol. The maximum atomic E-state index is 13.5. The predicted octanol–water partition coefficient (Wildman–Crippen LogP) is 5.15. The van der Waals surface area contributed by atoms with Crippen LogP contribution in [0.3, 0.4) is 0 Å². The lowest BCUT2D eigenvalue weighted by Crippen LogP contribution is -2.28. The van der Waals surface area contributed by atoms with Crippen molar-refractivity contribution in [2.45, 2.75) is 22.8 Å². The first-order valence-corrected chi connectivity index (χ1v) is 11.2. The molecule has 2 N–H and O–H groups in total. The first-order chi connectivity index (χ1) is 14.4. The Morgan fingerprint density at radius 2 is 1.60 bits per heavy atom. The van der Waals surface area contributed by atoms with Gasteiger partial charge in [-0.3, -0.25) is 4.79 Å². The minimum absolute atomic E-state index is 0.0149. The molecule has 0 aliphatic heterocycles. The number of hydrogen-bond acceptors (Lipinski definition) is 3. The number of halogens is 1. The van der Waals surface area contributed by atoms with Crippen molar-refractivity contribution in [1.82, 2.24) is 10.3 Å². The summed E-state index contributed by atoms with van der Waals surface area (Å²) in [6.45, 7) is 1.85. The number of fused-ring (bicyclic) bond motifs is 1. The van der Waals surface area contributed by atoms with E-state index in [0.717, 1.165) is 5.56 Å². The van der Waals surface area contributed by atoms with E-state index < -0.39 is 15.7 Å². The molecule has 30 heavy (non-hydrogen) atoms. The van der Waals surface area contributed by atoms with Crippen LogP contribution in [0.5, 0.6) is 0 Å². The molecule has 0 fully saturated rings. The van der Waals surface area contributed by atoms with Crippen molar-refractivity contribution in [3.63, 3.8) is 0 Å². The second-order valence-electron chi connectivity index (χ2n) is 6.94. The van der Waals surface area contributed by atoms with Crippen molar-refractivity contribution >= 4 is 38.2 Å². The first kappa shape index (κ1) is 20.2. The molecule has 5 nitrogen and oxygen atoms in total. The van der Waals surface area contributed by atoms with Gasteiger partial charge in [-0.15, -0.1) is 0 Å². The Balaban J connectivity index is 1.84. The highest BCUT2D eigenvalue weighted by molar-refractivity contribution is 7.91. The average Bonchev–Trinajstić information content (AvgIpc) is 3.14. The standard InChI is InChI=1S/C23H19ClN2O3S/c1-15(16-8-4-2-5-9-16)25-23(27)21-22(19-14-17(24)12-13-20(19)26-21)30(28,29)18-10-6-3-7-11-18/h2-15,26H,1H3,(H,25,27)/t15-/m0/s1. The van der Waals surface area contributed by atoms with E-state index >= 15 is 0 Å². The van der Waals surface area contributed by atoms with Crippen LogP contribution in [-0.4, -0.2) is 19.3 Å². The molecule has 0 spiro atoms. The molecule has 0 saturated heterocycles. The monoisotopic (exact) mass is 438 g/mol. The number of aromatic nitrogens is 1. The van der Waals surface area contributed by atoms with Crippen LogP contribution in [0.1, 0.15) is 29.0 Å². The molecule has 0 unspecified atom stereocenters. The number of benzene rings is 3. The smallest absolute Gasteiger partial charge is 0.269 e. The van der Waals surface area contributed by atoms with E-state index in [1.165, 1.54) is 12.1 Å². The van der Waals surface area contributed by atoms with Crippen LogP contribution in [0.15, 0.2) is 88.7 Å². The molecule has 0 bridgehead atoms. The van der Waals surface area contributed by atoms with Crippen molar-refractivity contribution in [1.29, 1.82) is 0 Å². The van der Waals surface area contributed by atoms with Gasteiger partial charge in [0, 0.05) is 15.9 Å². The molecular formula is C23H19ClN2O3S. The van der Waals surface area contributed by atoms with Crippen LogP contribution < -0.4 is 5.32 Å². The number of sulfone groups is 1. The van der Waals surface area contributed by atoms with Gasteiger partial charge in [0.25, 0.3) is 5.91 Å². The van der Waals surface area contributed by atoms with E-state index in [1.54, 1.807) is 36.4 Å². The van der Waals surface area contributed by atoms with Crippen LogP contribution in [-0.2, 0) is 9.84 Å². The molecule has 3 aromatic carbocycles. The molecule has 0 radical (unpaired) electrons. The minimum Gasteiger partial charge on any atom is -0.349 e. The molecule has 0 aliphatic carbocycles. The van der Waals surface area contributed by atoms with Gasteiger partial charge in [0.05, 0.1) is 10.9 Å². The van der Waals surface area contributed by atoms with Gasteiger partial charge in [-0.2, -0.15) is 0 Å². The summed E-state index contributed by atoms with van der Waals surface area (Å²) < 4.78 is 26.9. The fourth-order valence-corrected chi connectivity index (χ4v) is 5.18. The van der Waals surface area contributed by atoms with E-state index in [0.29, 0.717) is 15.9 Å². The summed E-state index contributed by atoms with van der Waals surface area (Å²) in [5, 5.41) is 3.65. The molecule has 1 amide bonds. The van der Waals surface area contributed by atoms with Gasteiger partial charge in [-0.1, -0.05) is 60.1 Å². The van der Waals surface area contributed by atoms with E-state index in [-0.39, 0.29) is 21.5 Å². The number of rotatable bonds is 5. The van der Waals surface area contributed by atoms with Gasteiger partial charge in [-0.05, 0) is 42.8 Å². The van der Waals surface area contributed by atoms with Crippen LogP contribution in [0.25, 0.3) is 10.9 Å². The normalized spacial score (nSPS) is 12.6. The van der Waals surface area contributed by atoms with Crippen molar-refractivity contribution in [3.8, 4) is 0 Å². The second-order valence-corrected chi connectivity index (χ2v) is 9.26. The summed E-state index contributed by atoms with van der Waals surface area (Å²) in [7, 11) is -3.97. The zero-order valence-electron chi connectivity index (χ0n) is 16.1. The van der Waals surface area contributed by atoms with E-state index in [2.05, 4.69) is 10.3 Å². The largest absolute Gasteiger partial charge is 0.349 e. The molecule has 1 aromatic heterocycles. The van der Waals surface area contributed by atoms with E-state index in [9.17, 15) is 13.2 Å². The number of aromatic amines is 1. The zero-order valence-corrected chi connectivity index (χ0v) is 17.7. The molecule has 1 heterocycles. The van der Waals surface area contributed by atoms with E-state index in [4.69, 9.17) is 11.6 Å². The van der Waals surface area contributed by atoms with Crippen molar-refractivity contribution in [3.05, 3.63) is 95.1 Å².